The first-order chi connectivity index (χ1) is 6.18. The summed E-state index contributed by atoms with van der Waals surface area (Å²) in [6.07, 6.45) is 0. The molecule has 0 fully saturated rings. The fraction of sp³-hybridized carbons (Fsp3) is 0. The van der Waals surface area contributed by atoms with Crippen molar-refractivity contribution >= 4 is 27.4 Å². The van der Waals surface area contributed by atoms with Crippen molar-refractivity contribution in [2.75, 3.05) is 0 Å². The zero-order valence-electron chi connectivity index (χ0n) is 6.52. The number of carbonyl (C=O) groups is 1. The van der Waals surface area contributed by atoms with Gasteiger partial charge in [-0.15, -0.1) is 11.3 Å². The van der Waals surface area contributed by atoms with Gasteiger partial charge in [-0.1, -0.05) is 0 Å². The molecule has 1 heterocycles. The molecule has 13 heavy (non-hydrogen) atoms. The molecule has 0 aliphatic carbocycles. The number of carboxylic acids is 1. The number of thiophene rings is 1. The average molecular weight is 194 g/mol. The Morgan fingerprint density at radius 2 is 2.15 bits per heavy atom. The van der Waals surface area contributed by atoms with Crippen molar-refractivity contribution in [2.45, 2.75) is 0 Å². The summed E-state index contributed by atoms with van der Waals surface area (Å²) in [5.41, 5.74) is 0.118. The van der Waals surface area contributed by atoms with Gasteiger partial charge in [0.1, 0.15) is 5.75 Å². The number of rotatable bonds is 1. The molecule has 0 atom stereocenters. The van der Waals surface area contributed by atoms with Crippen molar-refractivity contribution in [2.24, 2.45) is 0 Å². The number of phenols is 1. The number of aromatic hydroxyl groups is 1. The number of aromatic carboxylic acids is 1. The van der Waals surface area contributed by atoms with Gasteiger partial charge in [0, 0.05) is 10.1 Å². The molecule has 2 N–H and O–H groups in total. The van der Waals surface area contributed by atoms with Crippen LogP contribution in [0.25, 0.3) is 10.1 Å². The minimum atomic E-state index is -1.02. The molecule has 0 aliphatic rings. The third kappa shape index (κ3) is 1.25. The van der Waals surface area contributed by atoms with E-state index in [-0.39, 0.29) is 11.3 Å². The van der Waals surface area contributed by atoms with Crippen molar-refractivity contribution in [3.63, 3.8) is 0 Å². The highest BCUT2D eigenvalue weighted by atomic mass is 32.1. The summed E-state index contributed by atoms with van der Waals surface area (Å²) < 4.78 is 0.789. The third-order valence-corrected chi connectivity index (χ3v) is 2.66. The summed E-state index contributed by atoms with van der Waals surface area (Å²) in [6.45, 7) is 0. The van der Waals surface area contributed by atoms with Gasteiger partial charge >= 0.3 is 5.97 Å². The number of phenolic OH excluding ortho intramolecular Hbond substituents is 1. The van der Waals surface area contributed by atoms with Gasteiger partial charge in [-0.2, -0.15) is 0 Å². The summed E-state index contributed by atoms with van der Waals surface area (Å²) in [6, 6.07) is 4.58. The smallest absolute Gasteiger partial charge is 0.335 e. The summed E-state index contributed by atoms with van der Waals surface area (Å²) >= 11 is 1.41. The van der Waals surface area contributed by atoms with Crippen molar-refractivity contribution in [1.29, 1.82) is 0 Å². The van der Waals surface area contributed by atoms with E-state index < -0.39 is 5.97 Å². The van der Waals surface area contributed by atoms with E-state index in [1.165, 1.54) is 17.4 Å². The largest absolute Gasteiger partial charge is 0.507 e. The quantitative estimate of drug-likeness (QED) is 0.732. The van der Waals surface area contributed by atoms with Crippen LogP contribution in [0.4, 0.5) is 0 Å². The standard InChI is InChI=1S/C9H6O3S/c10-7-3-5(9(11)12)4-8-6(7)1-2-13-8/h1-4,10H,(H,11,12). The van der Waals surface area contributed by atoms with Crippen LogP contribution in [-0.2, 0) is 0 Å². The molecule has 0 aliphatic heterocycles. The second-order valence-corrected chi connectivity index (χ2v) is 3.58. The second-order valence-electron chi connectivity index (χ2n) is 2.63. The maximum absolute atomic E-state index is 10.6. The van der Waals surface area contributed by atoms with Crippen LogP contribution >= 0.6 is 11.3 Å². The zero-order valence-corrected chi connectivity index (χ0v) is 7.34. The first kappa shape index (κ1) is 8.07. The molecular formula is C9H6O3S. The van der Waals surface area contributed by atoms with E-state index in [9.17, 15) is 9.90 Å². The highest BCUT2D eigenvalue weighted by molar-refractivity contribution is 7.17. The SMILES string of the molecule is O=C(O)c1cc(O)c2ccsc2c1. The molecule has 0 radical (unpaired) electrons. The van der Waals surface area contributed by atoms with Crippen LogP contribution < -0.4 is 0 Å². The van der Waals surface area contributed by atoms with E-state index in [2.05, 4.69) is 0 Å². The first-order valence-corrected chi connectivity index (χ1v) is 4.50. The maximum atomic E-state index is 10.6. The molecule has 3 nitrogen and oxygen atoms in total. The van der Waals surface area contributed by atoms with Gasteiger partial charge in [0.2, 0.25) is 0 Å². The van der Waals surface area contributed by atoms with E-state index in [0.29, 0.717) is 5.39 Å². The Balaban J connectivity index is 2.77. The van der Waals surface area contributed by atoms with Gasteiger partial charge in [0.05, 0.1) is 5.56 Å². The predicted molar refractivity (Wildman–Crippen MR) is 50.4 cm³/mol. The fourth-order valence-electron chi connectivity index (χ4n) is 1.18. The Morgan fingerprint density at radius 1 is 1.38 bits per heavy atom. The lowest BCUT2D eigenvalue weighted by Crippen LogP contribution is -1.94. The molecule has 1 aromatic heterocycles. The predicted octanol–water partition coefficient (Wildman–Crippen LogP) is 2.31. The number of fused-ring (bicyclic) bond motifs is 1. The van der Waals surface area contributed by atoms with Gasteiger partial charge in [-0.05, 0) is 23.6 Å². The van der Waals surface area contributed by atoms with E-state index in [4.69, 9.17) is 5.11 Å². The Labute approximate surface area is 77.9 Å². The normalized spacial score (nSPS) is 10.5. The summed E-state index contributed by atoms with van der Waals surface area (Å²) in [5.74, 6) is -0.998. The van der Waals surface area contributed by atoms with E-state index in [1.54, 1.807) is 12.1 Å². The topological polar surface area (TPSA) is 57.5 Å². The molecule has 2 aromatic rings. The summed E-state index contributed by atoms with van der Waals surface area (Å²) in [5, 5.41) is 20.7. The Bertz CT molecular complexity index is 473. The summed E-state index contributed by atoms with van der Waals surface area (Å²) in [7, 11) is 0. The van der Waals surface area contributed by atoms with Gasteiger partial charge in [0.15, 0.2) is 0 Å². The molecular weight excluding hydrogens is 188 g/mol. The number of benzene rings is 1. The lowest BCUT2D eigenvalue weighted by atomic mass is 10.1. The highest BCUT2D eigenvalue weighted by Gasteiger charge is 2.08. The molecule has 0 saturated heterocycles. The monoisotopic (exact) mass is 194 g/mol. The van der Waals surface area contributed by atoms with Crippen LogP contribution in [0.2, 0.25) is 0 Å². The molecule has 0 spiro atoms. The lowest BCUT2D eigenvalue weighted by Gasteiger charge is -1.97. The average Bonchev–Trinajstić information content (AvgIpc) is 2.51. The molecule has 0 bridgehead atoms. The zero-order chi connectivity index (χ0) is 9.42. The van der Waals surface area contributed by atoms with Crippen LogP contribution in [0.15, 0.2) is 23.6 Å². The van der Waals surface area contributed by atoms with Crippen molar-refractivity contribution in [3.8, 4) is 5.75 Å². The van der Waals surface area contributed by atoms with Crippen LogP contribution in [0.1, 0.15) is 10.4 Å². The van der Waals surface area contributed by atoms with Gasteiger partial charge in [0.25, 0.3) is 0 Å². The highest BCUT2D eigenvalue weighted by Crippen LogP contribution is 2.30. The lowest BCUT2D eigenvalue weighted by molar-refractivity contribution is 0.0696. The summed E-state index contributed by atoms with van der Waals surface area (Å²) in [4.78, 5) is 10.6. The fourth-order valence-corrected chi connectivity index (χ4v) is 2.02. The molecule has 2 rings (SSSR count). The molecule has 4 heteroatoms. The van der Waals surface area contributed by atoms with E-state index in [1.807, 2.05) is 5.38 Å². The molecule has 0 saturated carbocycles. The Morgan fingerprint density at radius 3 is 2.85 bits per heavy atom. The number of carboxylic acid groups (broad SMARTS) is 1. The van der Waals surface area contributed by atoms with E-state index in [0.717, 1.165) is 4.70 Å². The second kappa shape index (κ2) is 2.74. The van der Waals surface area contributed by atoms with Crippen molar-refractivity contribution in [1.82, 2.24) is 0 Å². The molecule has 0 unspecified atom stereocenters. The van der Waals surface area contributed by atoms with E-state index >= 15 is 0 Å². The van der Waals surface area contributed by atoms with Crippen LogP contribution in [0.3, 0.4) is 0 Å². The Hall–Kier alpha value is -1.55. The first-order valence-electron chi connectivity index (χ1n) is 3.62. The number of hydrogen-bond acceptors (Lipinski definition) is 3. The van der Waals surface area contributed by atoms with Crippen molar-refractivity contribution < 1.29 is 15.0 Å². The van der Waals surface area contributed by atoms with Crippen LogP contribution in [0, 0.1) is 0 Å². The van der Waals surface area contributed by atoms with Gasteiger partial charge in [-0.3, -0.25) is 0 Å². The molecule has 0 amide bonds. The number of hydrogen-bond donors (Lipinski definition) is 2. The third-order valence-electron chi connectivity index (χ3n) is 1.80. The molecule has 66 valence electrons. The minimum Gasteiger partial charge on any atom is -0.507 e. The van der Waals surface area contributed by atoms with Gasteiger partial charge < -0.3 is 10.2 Å². The van der Waals surface area contributed by atoms with Crippen molar-refractivity contribution in [3.05, 3.63) is 29.1 Å². The van der Waals surface area contributed by atoms with Gasteiger partial charge in [-0.25, -0.2) is 4.79 Å². The Kier molecular flexibility index (Phi) is 1.70. The van der Waals surface area contributed by atoms with Crippen LogP contribution in [-0.4, -0.2) is 16.2 Å². The minimum absolute atomic E-state index is 0.0242. The van der Waals surface area contributed by atoms with Crippen LogP contribution in [0.5, 0.6) is 5.75 Å². The maximum Gasteiger partial charge on any atom is 0.335 e. The molecule has 1 aromatic carbocycles.